The van der Waals surface area contributed by atoms with Gasteiger partial charge in [0.05, 0.1) is 33.0 Å². The molecular formula is C36H40O7. The van der Waals surface area contributed by atoms with Gasteiger partial charge in [-0.25, -0.2) is 0 Å². The second kappa shape index (κ2) is 16.4. The summed E-state index contributed by atoms with van der Waals surface area (Å²) in [6.45, 7) is 1.37. The Morgan fingerprint density at radius 3 is 1.40 bits per heavy atom. The largest absolute Gasteiger partial charge is 0.388 e. The normalized spacial score (nSPS) is 22.7. The van der Waals surface area contributed by atoms with Gasteiger partial charge in [0.2, 0.25) is 0 Å². The molecular weight excluding hydrogens is 544 g/mol. The van der Waals surface area contributed by atoms with E-state index in [0.717, 1.165) is 22.3 Å². The predicted octanol–water partition coefficient (Wildman–Crippen LogP) is 5.69. The lowest BCUT2D eigenvalue weighted by Gasteiger charge is -2.46. The van der Waals surface area contributed by atoms with Crippen LogP contribution in [0.1, 0.15) is 22.3 Å². The first-order chi connectivity index (χ1) is 21.2. The molecule has 0 saturated carbocycles. The van der Waals surface area contributed by atoms with Gasteiger partial charge in [0.1, 0.15) is 30.5 Å². The van der Waals surface area contributed by atoms with E-state index in [4.69, 9.17) is 28.4 Å². The maximum Gasteiger partial charge on any atom is 0.186 e. The Morgan fingerprint density at radius 1 is 0.558 bits per heavy atom. The molecule has 0 bridgehead atoms. The summed E-state index contributed by atoms with van der Waals surface area (Å²) in [5.74, 6) is 0. The molecule has 0 amide bonds. The van der Waals surface area contributed by atoms with E-state index < -0.39 is 36.8 Å². The lowest BCUT2D eigenvalue weighted by atomic mass is 9.94. The van der Waals surface area contributed by atoms with Crippen LogP contribution >= 0.6 is 0 Å². The molecule has 0 aromatic heterocycles. The summed E-state index contributed by atoms with van der Waals surface area (Å²) in [7, 11) is 1.57. The zero-order valence-electron chi connectivity index (χ0n) is 24.4. The van der Waals surface area contributed by atoms with Gasteiger partial charge in [-0.05, 0) is 22.3 Å². The fourth-order valence-electron chi connectivity index (χ4n) is 5.16. The van der Waals surface area contributed by atoms with Gasteiger partial charge in [0.15, 0.2) is 6.29 Å². The van der Waals surface area contributed by atoms with Crippen LogP contribution in [0, 0.1) is 0 Å². The molecule has 6 atom stereocenters. The van der Waals surface area contributed by atoms with Gasteiger partial charge < -0.3 is 33.5 Å². The molecule has 0 spiro atoms. The van der Waals surface area contributed by atoms with E-state index in [1.807, 2.05) is 121 Å². The van der Waals surface area contributed by atoms with Crippen LogP contribution in [0.25, 0.3) is 0 Å². The molecule has 7 heteroatoms. The standard InChI is InChI=1S/C36H40O7/c1-38-36-35(42-25-30-20-12-5-13-21-30)34(41-24-29-18-10-4-11-19-29)33(40-23-28-16-8-3-9-17-28)32(43-36)31(37)26-39-22-27-14-6-2-7-15-27/h2-21,31-37H,22-26H2,1H3/t31-,32-,33-,34+,35-,36+/m1/s1. The van der Waals surface area contributed by atoms with Gasteiger partial charge >= 0.3 is 0 Å². The quantitative estimate of drug-likeness (QED) is 0.192. The van der Waals surface area contributed by atoms with Crippen LogP contribution in [-0.4, -0.2) is 55.6 Å². The Hall–Kier alpha value is -3.40. The number of ether oxygens (including phenoxy) is 6. The predicted molar refractivity (Wildman–Crippen MR) is 163 cm³/mol. The minimum absolute atomic E-state index is 0.0438. The molecule has 1 heterocycles. The average molecular weight is 585 g/mol. The van der Waals surface area contributed by atoms with Crippen molar-refractivity contribution in [3.63, 3.8) is 0 Å². The lowest BCUT2D eigenvalue weighted by Crippen LogP contribution is -2.63. The Kier molecular flexibility index (Phi) is 11.9. The molecule has 4 aromatic carbocycles. The minimum atomic E-state index is -1.01. The molecule has 1 aliphatic heterocycles. The molecule has 226 valence electrons. The number of hydrogen-bond donors (Lipinski definition) is 1. The topological polar surface area (TPSA) is 75.6 Å². The van der Waals surface area contributed by atoms with E-state index in [2.05, 4.69) is 0 Å². The van der Waals surface area contributed by atoms with Crippen LogP contribution in [0.2, 0.25) is 0 Å². The number of rotatable bonds is 15. The van der Waals surface area contributed by atoms with E-state index in [1.165, 1.54) is 0 Å². The summed E-state index contributed by atoms with van der Waals surface area (Å²) in [4.78, 5) is 0. The van der Waals surface area contributed by atoms with E-state index in [0.29, 0.717) is 26.4 Å². The Bertz CT molecular complexity index is 1310. The van der Waals surface area contributed by atoms with Gasteiger partial charge in [-0.2, -0.15) is 0 Å². The summed E-state index contributed by atoms with van der Waals surface area (Å²) in [5, 5.41) is 11.4. The van der Waals surface area contributed by atoms with Crippen LogP contribution in [-0.2, 0) is 54.8 Å². The Balaban J connectivity index is 1.39. The molecule has 4 aromatic rings. The average Bonchev–Trinajstić information content (AvgIpc) is 3.07. The SMILES string of the molecule is CO[C@H]1O[C@H]([C@H](O)COCc2ccccc2)[C@@H](OCc2ccccc2)[C@H](OCc2ccccc2)[C@H]1OCc1ccccc1. The van der Waals surface area contributed by atoms with E-state index in [-0.39, 0.29) is 6.61 Å². The maximum absolute atomic E-state index is 11.4. The molecule has 7 nitrogen and oxygen atoms in total. The highest BCUT2D eigenvalue weighted by atomic mass is 16.7. The number of methoxy groups -OCH3 is 1. The van der Waals surface area contributed by atoms with Crippen LogP contribution in [0.3, 0.4) is 0 Å². The number of aliphatic hydroxyl groups excluding tert-OH is 1. The second-order valence-electron chi connectivity index (χ2n) is 10.6. The lowest BCUT2D eigenvalue weighted by molar-refractivity contribution is -0.331. The molecule has 0 unspecified atom stereocenters. The molecule has 1 saturated heterocycles. The molecule has 1 fully saturated rings. The van der Waals surface area contributed by atoms with Crippen molar-refractivity contribution in [2.24, 2.45) is 0 Å². The second-order valence-corrected chi connectivity index (χ2v) is 10.6. The Morgan fingerprint density at radius 2 is 0.953 bits per heavy atom. The van der Waals surface area contributed by atoms with E-state index >= 15 is 0 Å². The third-order valence-corrected chi connectivity index (χ3v) is 7.40. The van der Waals surface area contributed by atoms with Crippen molar-refractivity contribution in [2.75, 3.05) is 13.7 Å². The molecule has 1 N–H and O–H groups in total. The van der Waals surface area contributed by atoms with Crippen molar-refractivity contribution >= 4 is 0 Å². The van der Waals surface area contributed by atoms with Crippen LogP contribution in [0.15, 0.2) is 121 Å². The van der Waals surface area contributed by atoms with Crippen molar-refractivity contribution < 1.29 is 33.5 Å². The summed E-state index contributed by atoms with van der Waals surface area (Å²) >= 11 is 0. The summed E-state index contributed by atoms with van der Waals surface area (Å²) < 4.78 is 37.7. The Labute approximate surface area is 253 Å². The van der Waals surface area contributed by atoms with Crippen LogP contribution < -0.4 is 0 Å². The third kappa shape index (κ3) is 9.05. The summed E-state index contributed by atoms with van der Waals surface area (Å²) in [6, 6.07) is 39.6. The number of aliphatic hydroxyl groups is 1. The van der Waals surface area contributed by atoms with Crippen LogP contribution in [0.4, 0.5) is 0 Å². The fraction of sp³-hybridized carbons (Fsp3) is 0.333. The highest BCUT2D eigenvalue weighted by Gasteiger charge is 2.51. The van der Waals surface area contributed by atoms with Gasteiger partial charge in [-0.15, -0.1) is 0 Å². The third-order valence-electron chi connectivity index (χ3n) is 7.40. The highest BCUT2D eigenvalue weighted by Crippen LogP contribution is 2.32. The highest BCUT2D eigenvalue weighted by molar-refractivity contribution is 5.16. The van der Waals surface area contributed by atoms with Crippen molar-refractivity contribution in [1.82, 2.24) is 0 Å². The zero-order valence-corrected chi connectivity index (χ0v) is 24.4. The minimum Gasteiger partial charge on any atom is -0.388 e. The first-order valence-corrected chi connectivity index (χ1v) is 14.7. The van der Waals surface area contributed by atoms with Crippen molar-refractivity contribution in [2.45, 2.75) is 63.2 Å². The number of benzene rings is 4. The first kappa shape index (κ1) is 31.0. The van der Waals surface area contributed by atoms with Crippen LogP contribution in [0.5, 0.6) is 0 Å². The van der Waals surface area contributed by atoms with Crippen molar-refractivity contribution in [3.8, 4) is 0 Å². The molecule has 1 aliphatic rings. The summed E-state index contributed by atoms with van der Waals surface area (Å²) in [5.41, 5.74) is 4.03. The molecule has 0 radical (unpaired) electrons. The van der Waals surface area contributed by atoms with Gasteiger partial charge in [0, 0.05) is 7.11 Å². The summed E-state index contributed by atoms with van der Waals surface area (Å²) in [6.07, 6.45) is -4.58. The monoisotopic (exact) mass is 584 g/mol. The fourth-order valence-corrected chi connectivity index (χ4v) is 5.16. The van der Waals surface area contributed by atoms with Crippen molar-refractivity contribution in [1.29, 1.82) is 0 Å². The first-order valence-electron chi connectivity index (χ1n) is 14.7. The van der Waals surface area contributed by atoms with Gasteiger partial charge in [0.25, 0.3) is 0 Å². The van der Waals surface area contributed by atoms with Gasteiger partial charge in [-0.1, -0.05) is 121 Å². The van der Waals surface area contributed by atoms with Crippen molar-refractivity contribution in [3.05, 3.63) is 144 Å². The maximum atomic E-state index is 11.4. The number of hydrogen-bond acceptors (Lipinski definition) is 7. The van der Waals surface area contributed by atoms with E-state index in [1.54, 1.807) is 7.11 Å². The molecule has 43 heavy (non-hydrogen) atoms. The van der Waals surface area contributed by atoms with E-state index in [9.17, 15) is 5.11 Å². The molecule has 5 rings (SSSR count). The smallest absolute Gasteiger partial charge is 0.186 e. The van der Waals surface area contributed by atoms with Gasteiger partial charge in [-0.3, -0.25) is 0 Å². The zero-order chi connectivity index (χ0) is 29.7. The molecule has 0 aliphatic carbocycles.